The normalized spacial score (nSPS) is 14.8. The van der Waals surface area contributed by atoms with Crippen LogP contribution >= 0.6 is 22.6 Å². The van der Waals surface area contributed by atoms with Crippen LogP contribution in [0.2, 0.25) is 0 Å². The molecule has 20 heavy (non-hydrogen) atoms. The van der Waals surface area contributed by atoms with Gasteiger partial charge in [0.1, 0.15) is 0 Å². The lowest BCUT2D eigenvalue weighted by Gasteiger charge is -2.30. The second-order valence-corrected chi connectivity index (χ2v) is 7.40. The number of para-hydroxylation sites is 2. The van der Waals surface area contributed by atoms with Crippen LogP contribution in [0.3, 0.4) is 0 Å². The van der Waals surface area contributed by atoms with Gasteiger partial charge in [-0.1, -0.05) is 79.3 Å². The van der Waals surface area contributed by atoms with Gasteiger partial charge < -0.3 is 4.57 Å². The monoisotopic (exact) mass is 377 g/mol. The minimum atomic E-state index is 0.162. The van der Waals surface area contributed by atoms with Crippen LogP contribution in [0.4, 0.5) is 0 Å². The zero-order valence-electron chi connectivity index (χ0n) is 12.1. The molecular formula is C18H20IN. The van der Waals surface area contributed by atoms with E-state index < -0.39 is 0 Å². The van der Waals surface area contributed by atoms with E-state index in [0.29, 0.717) is 0 Å². The maximum Gasteiger partial charge on any atom is 0.0963 e. The Morgan fingerprint density at radius 3 is 1.85 bits per heavy atom. The van der Waals surface area contributed by atoms with Crippen LogP contribution in [-0.4, -0.2) is 4.57 Å². The fraction of sp³-hybridized carbons (Fsp3) is 0.333. The van der Waals surface area contributed by atoms with E-state index >= 15 is 0 Å². The molecule has 1 heterocycles. The highest BCUT2D eigenvalue weighted by atomic mass is 127. The first kappa shape index (κ1) is 13.9. The van der Waals surface area contributed by atoms with Crippen molar-refractivity contribution in [1.82, 2.24) is 4.57 Å². The molecule has 0 N–H and O–H groups in total. The third-order valence-corrected chi connectivity index (χ3v) is 5.94. The van der Waals surface area contributed by atoms with E-state index in [0.717, 1.165) is 6.42 Å². The molecule has 0 saturated heterocycles. The number of nitrogens with zero attached hydrogens (tertiary/aromatic N) is 1. The molecule has 0 aliphatic rings. The van der Waals surface area contributed by atoms with Crippen LogP contribution in [0.5, 0.6) is 0 Å². The van der Waals surface area contributed by atoms with Gasteiger partial charge in [-0.25, -0.2) is 0 Å². The minimum absolute atomic E-state index is 0.162. The van der Waals surface area contributed by atoms with E-state index in [1.54, 1.807) is 0 Å². The highest BCUT2D eigenvalue weighted by molar-refractivity contribution is 14.1. The van der Waals surface area contributed by atoms with Crippen molar-refractivity contribution in [2.75, 3.05) is 0 Å². The van der Waals surface area contributed by atoms with Gasteiger partial charge in [-0.3, -0.25) is 0 Å². The van der Waals surface area contributed by atoms with Gasteiger partial charge in [0.05, 0.1) is 14.6 Å². The van der Waals surface area contributed by atoms with E-state index in [2.05, 4.69) is 89.5 Å². The Morgan fingerprint density at radius 2 is 1.40 bits per heavy atom. The Labute approximate surface area is 134 Å². The molecule has 1 aromatic heterocycles. The summed E-state index contributed by atoms with van der Waals surface area (Å²) < 4.78 is 2.72. The number of hydrogen-bond donors (Lipinski definition) is 0. The zero-order valence-corrected chi connectivity index (χ0v) is 14.2. The van der Waals surface area contributed by atoms with Crippen molar-refractivity contribution in [2.45, 2.75) is 36.7 Å². The summed E-state index contributed by atoms with van der Waals surface area (Å²) in [6, 6.07) is 17.6. The summed E-state index contributed by atoms with van der Waals surface area (Å²) >= 11 is 2.66. The first-order chi connectivity index (χ1) is 9.71. The lowest BCUT2D eigenvalue weighted by Crippen LogP contribution is -2.25. The van der Waals surface area contributed by atoms with Crippen LogP contribution in [0, 0.1) is 0 Å². The van der Waals surface area contributed by atoms with Crippen molar-refractivity contribution in [1.29, 1.82) is 0 Å². The fourth-order valence-corrected chi connectivity index (χ4v) is 4.24. The first-order valence-corrected chi connectivity index (χ1v) is 8.46. The molecule has 0 bridgehead atoms. The summed E-state index contributed by atoms with van der Waals surface area (Å²) in [6.07, 6.45) is 3.55. The first-order valence-electron chi connectivity index (χ1n) is 7.39. The second-order valence-electron chi connectivity index (χ2n) is 5.39. The van der Waals surface area contributed by atoms with Gasteiger partial charge in [0.25, 0.3) is 0 Å². The number of rotatable bonds is 4. The van der Waals surface area contributed by atoms with Gasteiger partial charge in [0.2, 0.25) is 0 Å². The van der Waals surface area contributed by atoms with Crippen LogP contribution in [0.1, 0.15) is 33.1 Å². The molecule has 0 spiro atoms. The van der Waals surface area contributed by atoms with Crippen molar-refractivity contribution in [2.24, 2.45) is 0 Å². The molecule has 0 aliphatic carbocycles. The molecule has 0 saturated carbocycles. The molecule has 2 heteroatoms. The predicted molar refractivity (Wildman–Crippen MR) is 96.6 cm³/mol. The summed E-state index contributed by atoms with van der Waals surface area (Å²) in [5.74, 6) is 0. The fourth-order valence-electron chi connectivity index (χ4n) is 3.18. The largest absolute Gasteiger partial charge is 0.325 e. The smallest absolute Gasteiger partial charge is 0.0963 e. The van der Waals surface area contributed by atoms with Crippen LogP contribution < -0.4 is 0 Å². The number of aromatic nitrogens is 1. The highest BCUT2D eigenvalue weighted by Gasteiger charge is 2.28. The lowest BCUT2D eigenvalue weighted by molar-refractivity contribution is 0.443. The van der Waals surface area contributed by atoms with Crippen LogP contribution in [-0.2, 0) is 3.55 Å². The summed E-state index contributed by atoms with van der Waals surface area (Å²) in [6.45, 7) is 4.57. The molecule has 0 fully saturated rings. The zero-order chi connectivity index (χ0) is 14.2. The van der Waals surface area contributed by atoms with E-state index in [4.69, 9.17) is 0 Å². The second kappa shape index (κ2) is 5.40. The molecule has 2 aromatic carbocycles. The number of hydrogen-bond acceptors (Lipinski definition) is 0. The standard InChI is InChI=1S/C18H20IN/c1-3-13-18(19,4-2)20-16-11-7-5-9-14(16)15-10-6-8-12-17(15)20/h5-12H,3-4,13H2,1-2H3. The number of fused-ring (bicyclic) bond motifs is 3. The number of alkyl halides is 1. The Kier molecular flexibility index (Phi) is 3.76. The van der Waals surface area contributed by atoms with E-state index in [1.807, 2.05) is 0 Å². The average Bonchev–Trinajstić information content (AvgIpc) is 2.82. The summed E-state index contributed by atoms with van der Waals surface area (Å²) in [5.41, 5.74) is 2.72. The molecule has 0 aliphatic heterocycles. The van der Waals surface area contributed by atoms with Gasteiger partial charge in [-0.2, -0.15) is 0 Å². The highest BCUT2D eigenvalue weighted by Crippen LogP contribution is 2.42. The Bertz CT molecular complexity index is 690. The van der Waals surface area contributed by atoms with Gasteiger partial charge in [0, 0.05) is 10.8 Å². The lowest BCUT2D eigenvalue weighted by atomic mass is 10.1. The molecule has 104 valence electrons. The predicted octanol–water partition coefficient (Wildman–Crippen LogP) is 6.09. The van der Waals surface area contributed by atoms with Gasteiger partial charge in [0.15, 0.2) is 0 Å². The maximum absolute atomic E-state index is 2.66. The maximum atomic E-state index is 2.66. The van der Waals surface area contributed by atoms with Crippen molar-refractivity contribution < 1.29 is 0 Å². The van der Waals surface area contributed by atoms with Gasteiger partial charge >= 0.3 is 0 Å². The van der Waals surface area contributed by atoms with Crippen LogP contribution in [0.15, 0.2) is 48.5 Å². The molecule has 3 rings (SSSR count). The average molecular weight is 377 g/mol. The van der Waals surface area contributed by atoms with Crippen molar-refractivity contribution in [3.05, 3.63) is 48.5 Å². The quantitative estimate of drug-likeness (QED) is 0.383. The Morgan fingerprint density at radius 1 is 0.900 bits per heavy atom. The molecule has 0 radical (unpaired) electrons. The van der Waals surface area contributed by atoms with Crippen LogP contribution in [0.25, 0.3) is 21.8 Å². The Hall–Kier alpha value is -1.03. The molecule has 1 atom stereocenters. The summed E-state index contributed by atoms with van der Waals surface area (Å²) in [4.78, 5) is 0. The van der Waals surface area contributed by atoms with Crippen molar-refractivity contribution >= 4 is 44.4 Å². The molecular weight excluding hydrogens is 357 g/mol. The minimum Gasteiger partial charge on any atom is -0.325 e. The third-order valence-electron chi connectivity index (χ3n) is 4.16. The van der Waals surface area contributed by atoms with E-state index in [1.165, 1.54) is 34.6 Å². The molecule has 3 aromatic rings. The topological polar surface area (TPSA) is 4.93 Å². The van der Waals surface area contributed by atoms with Gasteiger partial charge in [-0.05, 0) is 25.0 Å². The van der Waals surface area contributed by atoms with E-state index in [9.17, 15) is 0 Å². The molecule has 1 nitrogen and oxygen atoms in total. The molecule has 0 amide bonds. The number of benzene rings is 2. The van der Waals surface area contributed by atoms with Crippen molar-refractivity contribution in [3.63, 3.8) is 0 Å². The van der Waals surface area contributed by atoms with Gasteiger partial charge in [-0.15, -0.1) is 0 Å². The SMILES string of the molecule is CCCC(I)(CC)n1c2ccccc2c2ccccc21. The number of halogens is 1. The Balaban J connectivity index is 2.42. The third kappa shape index (κ3) is 2.05. The summed E-state index contributed by atoms with van der Waals surface area (Å²) in [7, 11) is 0. The summed E-state index contributed by atoms with van der Waals surface area (Å²) in [5, 5.41) is 2.74. The van der Waals surface area contributed by atoms with E-state index in [-0.39, 0.29) is 3.55 Å². The van der Waals surface area contributed by atoms with Crippen molar-refractivity contribution in [3.8, 4) is 0 Å². The molecule has 1 unspecified atom stereocenters.